The predicted octanol–water partition coefficient (Wildman–Crippen LogP) is 3.66. The Morgan fingerprint density at radius 1 is 1.10 bits per heavy atom. The number of imide groups is 1. The minimum atomic E-state index is -0.164. The van der Waals surface area contributed by atoms with Crippen molar-refractivity contribution in [2.75, 3.05) is 0 Å². The van der Waals surface area contributed by atoms with Crippen molar-refractivity contribution in [1.82, 2.24) is 4.90 Å². The van der Waals surface area contributed by atoms with Gasteiger partial charge < -0.3 is 0 Å². The molecule has 1 aromatic rings. The molecule has 106 valence electrons. The number of nitrogens with zero attached hydrogens (tertiary/aromatic N) is 1. The van der Waals surface area contributed by atoms with Crippen LogP contribution in [0.3, 0.4) is 0 Å². The number of hydrogen-bond donors (Lipinski definition) is 0. The van der Waals surface area contributed by atoms with Crippen LogP contribution in [0.1, 0.15) is 48.9 Å². The molecule has 3 rings (SSSR count). The molecule has 2 amide bonds. The molecule has 20 heavy (non-hydrogen) atoms. The lowest BCUT2D eigenvalue weighted by Crippen LogP contribution is -2.52. The van der Waals surface area contributed by atoms with Crippen LogP contribution in [-0.2, 0) is 4.79 Å². The quantitative estimate of drug-likeness (QED) is 0.741. The summed E-state index contributed by atoms with van der Waals surface area (Å²) in [4.78, 5) is 26.4. The molecule has 0 bridgehead atoms. The summed E-state index contributed by atoms with van der Waals surface area (Å²) < 4.78 is 0. The van der Waals surface area contributed by atoms with Crippen LogP contribution in [0, 0.1) is 5.92 Å². The van der Waals surface area contributed by atoms with Crippen LogP contribution in [0.25, 0.3) is 0 Å². The van der Waals surface area contributed by atoms with E-state index in [-0.39, 0.29) is 17.9 Å². The average Bonchev–Trinajstić information content (AvgIpc) is 2.47. The van der Waals surface area contributed by atoms with E-state index < -0.39 is 0 Å². The van der Waals surface area contributed by atoms with Gasteiger partial charge in [0.25, 0.3) is 5.91 Å². The van der Waals surface area contributed by atoms with Crippen LogP contribution in [0.4, 0.5) is 0 Å². The number of amides is 2. The minimum absolute atomic E-state index is 0.0203. The molecule has 2 unspecified atom stereocenters. The molecule has 1 aromatic carbocycles. The number of benzene rings is 1. The van der Waals surface area contributed by atoms with E-state index in [1.807, 2.05) is 0 Å². The van der Waals surface area contributed by atoms with Crippen LogP contribution in [-0.4, -0.2) is 22.8 Å². The zero-order valence-electron chi connectivity index (χ0n) is 11.3. The monoisotopic (exact) mass is 291 g/mol. The molecule has 2 atom stereocenters. The van der Waals surface area contributed by atoms with Crippen molar-refractivity contribution >= 4 is 23.4 Å². The van der Waals surface area contributed by atoms with Gasteiger partial charge in [-0.25, -0.2) is 0 Å². The highest BCUT2D eigenvalue weighted by Crippen LogP contribution is 2.36. The van der Waals surface area contributed by atoms with Gasteiger partial charge in [-0.2, -0.15) is 0 Å². The number of hydrogen-bond acceptors (Lipinski definition) is 2. The van der Waals surface area contributed by atoms with Crippen molar-refractivity contribution in [2.24, 2.45) is 5.92 Å². The molecule has 0 spiro atoms. The lowest BCUT2D eigenvalue weighted by atomic mass is 9.78. The number of fused-ring (bicyclic) bond motifs is 1. The second kappa shape index (κ2) is 5.57. The van der Waals surface area contributed by atoms with Gasteiger partial charge in [-0.3, -0.25) is 14.5 Å². The number of carbonyl (C=O) groups excluding carboxylic acids is 2. The topological polar surface area (TPSA) is 37.4 Å². The molecule has 1 saturated heterocycles. The van der Waals surface area contributed by atoms with Gasteiger partial charge in [0.15, 0.2) is 0 Å². The van der Waals surface area contributed by atoms with E-state index in [0.717, 1.165) is 25.7 Å². The fraction of sp³-hybridized carbons (Fsp3) is 0.500. The van der Waals surface area contributed by atoms with Gasteiger partial charge in [0, 0.05) is 23.0 Å². The van der Waals surface area contributed by atoms with Crippen molar-refractivity contribution < 1.29 is 9.59 Å². The molecule has 2 aliphatic rings. The Kier molecular flexibility index (Phi) is 3.79. The second-order valence-electron chi connectivity index (χ2n) is 5.73. The lowest BCUT2D eigenvalue weighted by Gasteiger charge is -2.42. The standard InChI is InChI=1S/C16H18ClNO2/c17-13-8-5-12(6-9-13)16(20)18-14-4-2-1-3-11(14)7-10-15(18)19/h5-6,8-9,11,14H,1-4,7,10H2. The number of likely N-dealkylation sites (tertiary alicyclic amines) is 1. The van der Waals surface area contributed by atoms with Crippen molar-refractivity contribution in [1.29, 1.82) is 0 Å². The highest BCUT2D eigenvalue weighted by atomic mass is 35.5. The Morgan fingerprint density at radius 3 is 2.55 bits per heavy atom. The Labute approximate surface area is 123 Å². The lowest BCUT2D eigenvalue weighted by molar-refractivity contribution is -0.135. The first-order valence-corrected chi connectivity index (χ1v) is 7.66. The van der Waals surface area contributed by atoms with Crippen molar-refractivity contribution in [3.63, 3.8) is 0 Å². The maximum absolute atomic E-state index is 12.6. The molecule has 0 aromatic heterocycles. The third-order valence-corrected chi connectivity index (χ3v) is 4.76. The van der Waals surface area contributed by atoms with E-state index in [0.29, 0.717) is 22.9 Å². The highest BCUT2D eigenvalue weighted by molar-refractivity contribution is 6.30. The van der Waals surface area contributed by atoms with Gasteiger partial charge in [0.05, 0.1) is 0 Å². The average molecular weight is 292 g/mol. The summed E-state index contributed by atoms with van der Waals surface area (Å²) in [6.07, 6.45) is 5.86. The summed E-state index contributed by atoms with van der Waals surface area (Å²) in [6.45, 7) is 0. The molecule has 1 aliphatic heterocycles. The number of piperidine rings is 1. The summed E-state index contributed by atoms with van der Waals surface area (Å²) in [6, 6.07) is 6.89. The van der Waals surface area contributed by atoms with E-state index in [4.69, 9.17) is 11.6 Å². The van der Waals surface area contributed by atoms with Crippen molar-refractivity contribution in [3.8, 4) is 0 Å². The Bertz CT molecular complexity index is 526. The zero-order valence-corrected chi connectivity index (χ0v) is 12.1. The molecule has 3 nitrogen and oxygen atoms in total. The van der Waals surface area contributed by atoms with Crippen LogP contribution >= 0.6 is 11.6 Å². The second-order valence-corrected chi connectivity index (χ2v) is 6.16. The van der Waals surface area contributed by atoms with E-state index in [1.54, 1.807) is 24.3 Å². The number of rotatable bonds is 1. The first-order chi connectivity index (χ1) is 9.66. The molecule has 1 saturated carbocycles. The summed E-state index contributed by atoms with van der Waals surface area (Å²) in [7, 11) is 0. The van der Waals surface area contributed by atoms with E-state index >= 15 is 0 Å². The molecule has 2 fully saturated rings. The maximum atomic E-state index is 12.6. The van der Waals surface area contributed by atoms with Crippen LogP contribution in [0.5, 0.6) is 0 Å². The van der Waals surface area contributed by atoms with E-state index in [1.165, 1.54) is 11.3 Å². The summed E-state index contributed by atoms with van der Waals surface area (Å²) >= 11 is 5.85. The number of halogens is 1. The van der Waals surface area contributed by atoms with E-state index in [9.17, 15) is 9.59 Å². The third kappa shape index (κ3) is 2.47. The summed E-state index contributed by atoms with van der Waals surface area (Å²) in [5.74, 6) is 0.314. The molecule has 0 N–H and O–H groups in total. The highest BCUT2D eigenvalue weighted by Gasteiger charge is 2.40. The number of carbonyl (C=O) groups is 2. The molecular weight excluding hydrogens is 274 g/mol. The van der Waals surface area contributed by atoms with Crippen molar-refractivity contribution in [2.45, 2.75) is 44.6 Å². The van der Waals surface area contributed by atoms with Gasteiger partial charge in [-0.15, -0.1) is 0 Å². The summed E-state index contributed by atoms with van der Waals surface area (Å²) in [5.41, 5.74) is 0.550. The fourth-order valence-corrected chi connectivity index (χ4v) is 3.60. The maximum Gasteiger partial charge on any atom is 0.260 e. The van der Waals surface area contributed by atoms with Gasteiger partial charge >= 0.3 is 0 Å². The largest absolute Gasteiger partial charge is 0.275 e. The van der Waals surface area contributed by atoms with Gasteiger partial charge in [0.2, 0.25) is 5.91 Å². The summed E-state index contributed by atoms with van der Waals surface area (Å²) in [5, 5.41) is 0.599. The molecule has 1 aliphatic carbocycles. The normalized spacial score (nSPS) is 26.2. The first kappa shape index (κ1) is 13.6. The molecule has 4 heteroatoms. The third-order valence-electron chi connectivity index (χ3n) is 4.51. The minimum Gasteiger partial charge on any atom is -0.275 e. The fourth-order valence-electron chi connectivity index (χ4n) is 3.47. The van der Waals surface area contributed by atoms with Gasteiger partial charge in [-0.05, 0) is 49.4 Å². The zero-order chi connectivity index (χ0) is 14.1. The Hall–Kier alpha value is -1.35. The molecule has 1 heterocycles. The molecular formula is C16H18ClNO2. The van der Waals surface area contributed by atoms with E-state index in [2.05, 4.69) is 0 Å². The first-order valence-electron chi connectivity index (χ1n) is 7.29. The Balaban J connectivity index is 1.87. The SMILES string of the molecule is O=C1CCC2CCCCC2N1C(=O)c1ccc(Cl)cc1. The predicted molar refractivity (Wildman–Crippen MR) is 77.6 cm³/mol. The van der Waals surface area contributed by atoms with Crippen LogP contribution < -0.4 is 0 Å². The van der Waals surface area contributed by atoms with Gasteiger partial charge in [0.1, 0.15) is 0 Å². The van der Waals surface area contributed by atoms with Crippen LogP contribution in [0.2, 0.25) is 5.02 Å². The smallest absolute Gasteiger partial charge is 0.260 e. The van der Waals surface area contributed by atoms with Crippen molar-refractivity contribution in [3.05, 3.63) is 34.9 Å². The molecule has 0 radical (unpaired) electrons. The Morgan fingerprint density at radius 2 is 1.80 bits per heavy atom. The van der Waals surface area contributed by atoms with Crippen LogP contribution in [0.15, 0.2) is 24.3 Å². The van der Waals surface area contributed by atoms with Gasteiger partial charge in [-0.1, -0.05) is 24.4 Å².